The number of nitrogens with one attached hydrogen (secondary N) is 1. The number of H-pyrrole nitrogens is 1. The molecule has 4 aromatic rings. The number of hydrogen-bond acceptors (Lipinski definition) is 4. The van der Waals surface area contributed by atoms with Gasteiger partial charge in [-0.1, -0.05) is 37.3 Å². The summed E-state index contributed by atoms with van der Waals surface area (Å²) < 4.78 is 0. The third-order valence-corrected chi connectivity index (χ3v) is 7.08. The first kappa shape index (κ1) is 21.7. The number of aromatic nitrogens is 2. The lowest BCUT2D eigenvalue weighted by atomic mass is 9.95. The molecule has 1 unspecified atom stereocenters. The van der Waals surface area contributed by atoms with Gasteiger partial charge in [0.1, 0.15) is 11.4 Å². The summed E-state index contributed by atoms with van der Waals surface area (Å²) in [5.41, 5.74) is 7.56. The number of aliphatic hydroxyl groups is 1. The van der Waals surface area contributed by atoms with Gasteiger partial charge in [-0.15, -0.1) is 0 Å². The third kappa shape index (κ3) is 4.14. The van der Waals surface area contributed by atoms with Crippen LogP contribution in [0.25, 0.3) is 33.3 Å². The molecule has 1 fully saturated rings. The van der Waals surface area contributed by atoms with E-state index in [1.165, 1.54) is 11.1 Å². The van der Waals surface area contributed by atoms with Crippen molar-refractivity contribution < 1.29 is 10.2 Å². The van der Waals surface area contributed by atoms with Gasteiger partial charge >= 0.3 is 0 Å². The summed E-state index contributed by atoms with van der Waals surface area (Å²) >= 11 is 0. The summed E-state index contributed by atoms with van der Waals surface area (Å²) in [6.45, 7) is 5.98. The third-order valence-electron chi connectivity index (χ3n) is 7.08. The molecule has 0 amide bonds. The minimum atomic E-state index is -0.209. The average molecular weight is 442 g/mol. The van der Waals surface area contributed by atoms with Crippen molar-refractivity contribution in [3.63, 3.8) is 0 Å². The molecule has 5 rings (SSSR count). The monoisotopic (exact) mass is 441 g/mol. The Morgan fingerprint density at radius 2 is 1.85 bits per heavy atom. The van der Waals surface area contributed by atoms with Gasteiger partial charge in [0, 0.05) is 53.6 Å². The number of rotatable bonds is 5. The number of piperidine rings is 1. The molecule has 1 atom stereocenters. The summed E-state index contributed by atoms with van der Waals surface area (Å²) in [7, 11) is 0. The van der Waals surface area contributed by atoms with Crippen LogP contribution in [0.5, 0.6) is 5.75 Å². The molecular formula is C28H31N3O2. The summed E-state index contributed by atoms with van der Waals surface area (Å²) in [5, 5.41) is 21.6. The van der Waals surface area contributed by atoms with Crippen LogP contribution >= 0.6 is 0 Å². The van der Waals surface area contributed by atoms with Crippen molar-refractivity contribution in [2.75, 3.05) is 13.1 Å². The van der Waals surface area contributed by atoms with Gasteiger partial charge in [-0.3, -0.25) is 4.90 Å². The van der Waals surface area contributed by atoms with Crippen LogP contribution in [0.2, 0.25) is 0 Å². The Hall–Kier alpha value is -3.15. The normalized spacial score (nSPS) is 16.3. The van der Waals surface area contributed by atoms with Crippen LogP contribution < -0.4 is 0 Å². The number of phenols is 1. The van der Waals surface area contributed by atoms with Crippen molar-refractivity contribution in [2.24, 2.45) is 0 Å². The van der Waals surface area contributed by atoms with E-state index in [0.29, 0.717) is 5.75 Å². The van der Waals surface area contributed by atoms with Gasteiger partial charge in [-0.05, 0) is 61.1 Å². The van der Waals surface area contributed by atoms with E-state index in [2.05, 4.69) is 60.1 Å². The maximum Gasteiger partial charge on any atom is 0.137 e. The fourth-order valence-electron chi connectivity index (χ4n) is 5.01. The largest absolute Gasteiger partial charge is 0.508 e. The summed E-state index contributed by atoms with van der Waals surface area (Å²) in [6.07, 6.45) is 6.27. The van der Waals surface area contributed by atoms with E-state index in [9.17, 15) is 10.2 Å². The Kier molecular flexibility index (Phi) is 5.92. The molecule has 1 aliphatic rings. The highest BCUT2D eigenvalue weighted by atomic mass is 16.3. The molecule has 1 saturated heterocycles. The van der Waals surface area contributed by atoms with Crippen molar-refractivity contribution in [1.29, 1.82) is 0 Å². The second-order valence-corrected chi connectivity index (χ2v) is 9.05. The number of aromatic amines is 1. The molecule has 2 aromatic carbocycles. The molecular weight excluding hydrogens is 410 g/mol. The SMILES string of the molecule is CCc1ccccc1-c1c[nH]c2ncc(-c3ccc(O)c(C(C)N4CCC(O)CC4)c3)cc12. The Balaban J connectivity index is 1.53. The predicted octanol–water partition coefficient (Wildman–Crippen LogP) is 5.68. The Morgan fingerprint density at radius 1 is 1.06 bits per heavy atom. The van der Waals surface area contributed by atoms with E-state index in [1.54, 1.807) is 6.07 Å². The zero-order chi connectivity index (χ0) is 22.9. The molecule has 0 spiro atoms. The summed E-state index contributed by atoms with van der Waals surface area (Å²) in [6, 6.07) is 16.6. The number of benzene rings is 2. The zero-order valence-corrected chi connectivity index (χ0v) is 19.3. The predicted molar refractivity (Wildman–Crippen MR) is 133 cm³/mol. The Labute approximate surface area is 194 Å². The molecule has 0 saturated carbocycles. The number of aromatic hydroxyl groups is 1. The highest BCUT2D eigenvalue weighted by Crippen LogP contribution is 2.36. The smallest absolute Gasteiger partial charge is 0.137 e. The molecule has 5 heteroatoms. The van der Waals surface area contributed by atoms with Crippen LogP contribution in [0.1, 0.15) is 43.9 Å². The van der Waals surface area contributed by atoms with E-state index in [4.69, 9.17) is 4.98 Å². The first-order valence-corrected chi connectivity index (χ1v) is 11.9. The molecule has 3 N–H and O–H groups in total. The lowest BCUT2D eigenvalue weighted by Gasteiger charge is -2.35. The van der Waals surface area contributed by atoms with E-state index in [1.807, 2.05) is 18.5 Å². The zero-order valence-electron chi connectivity index (χ0n) is 19.3. The van der Waals surface area contributed by atoms with Gasteiger partial charge in [0.15, 0.2) is 0 Å². The van der Waals surface area contributed by atoms with E-state index < -0.39 is 0 Å². The standard InChI is InChI=1S/C28H31N3O2/c1-3-19-6-4-5-7-23(19)26-17-30-28-25(26)15-21(16-29-28)20-8-9-27(33)24(14-20)18(2)31-12-10-22(32)11-13-31/h4-9,14-18,22,32-33H,3,10-13H2,1-2H3,(H,29,30). The van der Waals surface area contributed by atoms with Crippen molar-refractivity contribution in [2.45, 2.75) is 45.3 Å². The van der Waals surface area contributed by atoms with Crippen LogP contribution in [0.3, 0.4) is 0 Å². The molecule has 5 nitrogen and oxygen atoms in total. The van der Waals surface area contributed by atoms with Crippen LogP contribution in [-0.2, 0) is 6.42 Å². The van der Waals surface area contributed by atoms with Crippen LogP contribution in [-0.4, -0.2) is 44.3 Å². The van der Waals surface area contributed by atoms with Crippen LogP contribution in [0.4, 0.5) is 0 Å². The van der Waals surface area contributed by atoms with Gasteiger partial charge in [0.2, 0.25) is 0 Å². The first-order valence-electron chi connectivity index (χ1n) is 11.9. The number of likely N-dealkylation sites (tertiary alicyclic amines) is 1. The van der Waals surface area contributed by atoms with E-state index in [-0.39, 0.29) is 12.1 Å². The number of aryl methyl sites for hydroxylation is 1. The van der Waals surface area contributed by atoms with Crippen molar-refractivity contribution in [3.8, 4) is 28.0 Å². The summed E-state index contributed by atoms with van der Waals surface area (Å²) in [5.74, 6) is 0.311. The number of pyridine rings is 1. The van der Waals surface area contributed by atoms with Gasteiger partial charge < -0.3 is 15.2 Å². The molecule has 0 aliphatic carbocycles. The highest BCUT2D eigenvalue weighted by molar-refractivity contribution is 5.96. The number of aliphatic hydroxyl groups excluding tert-OH is 1. The molecule has 0 radical (unpaired) electrons. The fourth-order valence-corrected chi connectivity index (χ4v) is 5.01. The Bertz CT molecular complexity index is 1270. The fraction of sp³-hybridized carbons (Fsp3) is 0.321. The van der Waals surface area contributed by atoms with Crippen molar-refractivity contribution >= 4 is 11.0 Å². The average Bonchev–Trinajstić information content (AvgIpc) is 3.27. The quantitative estimate of drug-likeness (QED) is 0.372. The van der Waals surface area contributed by atoms with Crippen LogP contribution in [0.15, 0.2) is 60.9 Å². The van der Waals surface area contributed by atoms with Gasteiger partial charge in [0.05, 0.1) is 6.10 Å². The molecule has 170 valence electrons. The number of hydrogen-bond donors (Lipinski definition) is 3. The second kappa shape index (κ2) is 9.00. The van der Waals surface area contributed by atoms with Gasteiger partial charge in [-0.25, -0.2) is 4.98 Å². The number of fused-ring (bicyclic) bond motifs is 1. The van der Waals surface area contributed by atoms with Crippen molar-refractivity contribution in [1.82, 2.24) is 14.9 Å². The highest BCUT2D eigenvalue weighted by Gasteiger charge is 2.24. The molecule has 1 aliphatic heterocycles. The van der Waals surface area contributed by atoms with Crippen molar-refractivity contribution in [3.05, 3.63) is 72.1 Å². The maximum absolute atomic E-state index is 10.6. The lowest BCUT2D eigenvalue weighted by Crippen LogP contribution is -2.37. The molecule has 33 heavy (non-hydrogen) atoms. The van der Waals surface area contributed by atoms with Crippen LogP contribution in [0, 0.1) is 0 Å². The van der Waals surface area contributed by atoms with Gasteiger partial charge in [0.25, 0.3) is 0 Å². The van der Waals surface area contributed by atoms with E-state index >= 15 is 0 Å². The lowest BCUT2D eigenvalue weighted by molar-refractivity contribution is 0.0640. The summed E-state index contributed by atoms with van der Waals surface area (Å²) in [4.78, 5) is 10.4. The maximum atomic E-state index is 10.6. The minimum Gasteiger partial charge on any atom is -0.508 e. The minimum absolute atomic E-state index is 0.0772. The number of nitrogens with zero attached hydrogens (tertiary/aromatic N) is 2. The van der Waals surface area contributed by atoms with Gasteiger partial charge in [-0.2, -0.15) is 0 Å². The van der Waals surface area contributed by atoms with E-state index in [0.717, 1.165) is 65.6 Å². The second-order valence-electron chi connectivity index (χ2n) is 9.05. The molecule has 2 aromatic heterocycles. The first-order chi connectivity index (χ1) is 16.0. The Morgan fingerprint density at radius 3 is 2.64 bits per heavy atom. The molecule has 3 heterocycles. The number of phenolic OH excluding ortho intramolecular Hbond substituents is 1. The topological polar surface area (TPSA) is 72.4 Å². The molecule has 0 bridgehead atoms.